The minimum Gasteiger partial charge on any atom is -0.444 e. The lowest BCUT2D eigenvalue weighted by Gasteiger charge is -2.33. The molecule has 0 bridgehead atoms. The summed E-state index contributed by atoms with van der Waals surface area (Å²) in [6.45, 7) is 5.51. The smallest absolute Gasteiger partial charge is 0.407 e. The Hall–Kier alpha value is -3.43. The van der Waals surface area contributed by atoms with E-state index in [-0.39, 0.29) is 17.8 Å². The van der Waals surface area contributed by atoms with Crippen molar-refractivity contribution in [1.29, 1.82) is 0 Å². The first-order valence-electron chi connectivity index (χ1n) is 11.9. The number of carbonyl (C=O) groups excluding carboxylic acids is 2. The lowest BCUT2D eigenvalue weighted by atomic mass is 9.90. The van der Waals surface area contributed by atoms with E-state index in [4.69, 9.17) is 10.5 Å². The van der Waals surface area contributed by atoms with Crippen LogP contribution in [-0.4, -0.2) is 44.9 Å². The lowest BCUT2D eigenvalue weighted by molar-refractivity contribution is 0.0488. The minimum absolute atomic E-state index is 0.0382. The van der Waals surface area contributed by atoms with E-state index in [9.17, 15) is 9.59 Å². The fourth-order valence-corrected chi connectivity index (χ4v) is 4.13. The van der Waals surface area contributed by atoms with Gasteiger partial charge in [0, 0.05) is 23.7 Å². The van der Waals surface area contributed by atoms with E-state index in [0.29, 0.717) is 23.2 Å². The SMILES string of the molecule is CC(C)(C)OC(=O)N[C@@H]1CCCC[C@H]1Nc1cc(Nc2cccc(C3CC3)n2)c(C(N)=O)nn1. The number of anilines is 3. The Morgan fingerprint density at radius 2 is 1.76 bits per heavy atom. The van der Waals surface area contributed by atoms with Crippen molar-refractivity contribution < 1.29 is 14.3 Å². The number of rotatable bonds is 7. The number of amides is 2. The van der Waals surface area contributed by atoms with E-state index in [2.05, 4.69) is 31.1 Å². The summed E-state index contributed by atoms with van der Waals surface area (Å²) < 4.78 is 5.42. The van der Waals surface area contributed by atoms with Crippen LogP contribution < -0.4 is 21.7 Å². The maximum absolute atomic E-state index is 12.3. The van der Waals surface area contributed by atoms with Crippen molar-refractivity contribution in [1.82, 2.24) is 20.5 Å². The van der Waals surface area contributed by atoms with Gasteiger partial charge >= 0.3 is 6.09 Å². The molecule has 0 aliphatic heterocycles. The number of carbonyl (C=O) groups is 2. The van der Waals surface area contributed by atoms with E-state index < -0.39 is 17.6 Å². The molecule has 2 amide bonds. The normalized spacial score (nSPS) is 20.3. The van der Waals surface area contributed by atoms with Crippen molar-refractivity contribution in [3.05, 3.63) is 35.7 Å². The van der Waals surface area contributed by atoms with Crippen LogP contribution in [0.2, 0.25) is 0 Å². The molecule has 2 atom stereocenters. The van der Waals surface area contributed by atoms with Crippen LogP contribution in [0.5, 0.6) is 0 Å². The number of ether oxygens (including phenoxy) is 1. The van der Waals surface area contributed by atoms with Crippen LogP contribution in [0.3, 0.4) is 0 Å². The van der Waals surface area contributed by atoms with E-state index in [1.54, 1.807) is 6.07 Å². The molecule has 10 nitrogen and oxygen atoms in total. The third-order valence-electron chi connectivity index (χ3n) is 5.86. The second kappa shape index (κ2) is 9.82. The molecule has 0 unspecified atom stereocenters. The number of primary amides is 1. The van der Waals surface area contributed by atoms with Crippen LogP contribution in [0.1, 0.15) is 81.4 Å². The number of alkyl carbamates (subject to hydrolysis) is 1. The number of hydrogen-bond acceptors (Lipinski definition) is 8. The fraction of sp³-hybridized carbons (Fsp3) is 0.542. The van der Waals surface area contributed by atoms with Crippen molar-refractivity contribution >= 4 is 29.3 Å². The topological polar surface area (TPSA) is 144 Å². The summed E-state index contributed by atoms with van der Waals surface area (Å²) in [5.41, 5.74) is 6.47. The largest absolute Gasteiger partial charge is 0.444 e. The highest BCUT2D eigenvalue weighted by Gasteiger charge is 2.29. The van der Waals surface area contributed by atoms with Crippen LogP contribution >= 0.6 is 0 Å². The second-order valence-electron chi connectivity index (χ2n) is 9.99. The number of nitrogens with zero attached hydrogens (tertiary/aromatic N) is 3. The van der Waals surface area contributed by atoms with E-state index in [1.165, 1.54) is 0 Å². The maximum Gasteiger partial charge on any atom is 0.407 e. The van der Waals surface area contributed by atoms with Gasteiger partial charge in [0.15, 0.2) is 11.5 Å². The van der Waals surface area contributed by atoms with Gasteiger partial charge in [0.1, 0.15) is 11.4 Å². The highest BCUT2D eigenvalue weighted by molar-refractivity contribution is 5.97. The zero-order chi connectivity index (χ0) is 24.3. The van der Waals surface area contributed by atoms with Gasteiger partial charge < -0.3 is 26.4 Å². The van der Waals surface area contributed by atoms with E-state index >= 15 is 0 Å². The summed E-state index contributed by atoms with van der Waals surface area (Å²) in [4.78, 5) is 28.9. The second-order valence-corrected chi connectivity index (χ2v) is 9.99. The van der Waals surface area contributed by atoms with Crippen molar-refractivity contribution in [3.63, 3.8) is 0 Å². The number of nitrogens with one attached hydrogen (secondary N) is 3. The Morgan fingerprint density at radius 3 is 2.44 bits per heavy atom. The third kappa shape index (κ3) is 6.33. The third-order valence-corrected chi connectivity index (χ3v) is 5.86. The first kappa shape index (κ1) is 23.7. The summed E-state index contributed by atoms with van der Waals surface area (Å²) in [5.74, 6) is 0.926. The molecule has 2 aliphatic rings. The van der Waals surface area contributed by atoms with Gasteiger partial charge in [-0.15, -0.1) is 10.2 Å². The molecule has 4 rings (SSSR count). The van der Waals surface area contributed by atoms with Gasteiger partial charge in [-0.1, -0.05) is 18.9 Å². The Bertz CT molecular complexity index is 1050. The number of nitrogens with two attached hydrogens (primary N) is 1. The molecule has 0 radical (unpaired) electrons. The predicted octanol–water partition coefficient (Wildman–Crippen LogP) is 3.84. The van der Waals surface area contributed by atoms with Crippen molar-refractivity contribution in [3.8, 4) is 0 Å². The molecule has 10 heteroatoms. The standard InChI is InChI=1S/C24H33N7O3/c1-24(2,3)34-23(33)29-17-8-5-4-7-16(17)27-20-13-18(21(22(25)32)31-30-20)28-19-10-6-9-15(26-19)14-11-12-14/h6,9-10,13-14,16-17H,4-5,7-8,11-12H2,1-3H3,(H2,25,32)(H,29,33)(H2,26,27,28,30)/t16-,17-/m1/s1. The average Bonchev–Trinajstić information content (AvgIpc) is 3.59. The number of pyridine rings is 1. The number of hydrogen-bond donors (Lipinski definition) is 4. The Balaban J connectivity index is 1.50. The molecule has 0 spiro atoms. The van der Waals surface area contributed by atoms with E-state index in [0.717, 1.165) is 44.2 Å². The molecule has 34 heavy (non-hydrogen) atoms. The van der Waals surface area contributed by atoms with E-state index in [1.807, 2.05) is 39.0 Å². The zero-order valence-electron chi connectivity index (χ0n) is 19.9. The minimum atomic E-state index is -0.679. The van der Waals surface area contributed by atoms with Gasteiger partial charge in [-0.2, -0.15) is 0 Å². The molecule has 0 aromatic carbocycles. The summed E-state index contributed by atoms with van der Waals surface area (Å²) in [6.07, 6.45) is 5.58. The highest BCUT2D eigenvalue weighted by atomic mass is 16.6. The Labute approximate surface area is 199 Å². The van der Waals surface area contributed by atoms with Gasteiger partial charge in [-0.3, -0.25) is 4.79 Å². The quantitative estimate of drug-likeness (QED) is 0.481. The Morgan fingerprint density at radius 1 is 1.03 bits per heavy atom. The first-order valence-corrected chi connectivity index (χ1v) is 11.9. The number of aromatic nitrogens is 3. The maximum atomic E-state index is 12.3. The molecule has 5 N–H and O–H groups in total. The van der Waals surface area contributed by atoms with Crippen LogP contribution in [0, 0.1) is 0 Å². The monoisotopic (exact) mass is 467 g/mol. The van der Waals surface area contributed by atoms with Gasteiger partial charge in [-0.25, -0.2) is 9.78 Å². The van der Waals surface area contributed by atoms with Gasteiger partial charge in [-0.05, 0) is 58.6 Å². The predicted molar refractivity (Wildman–Crippen MR) is 129 cm³/mol. The van der Waals surface area contributed by atoms with Crippen LogP contribution in [0.25, 0.3) is 0 Å². The Kier molecular flexibility index (Phi) is 6.85. The zero-order valence-corrected chi connectivity index (χ0v) is 19.9. The molecule has 2 heterocycles. The van der Waals surface area contributed by atoms with Gasteiger partial charge in [0.25, 0.3) is 5.91 Å². The highest BCUT2D eigenvalue weighted by Crippen LogP contribution is 2.39. The summed E-state index contributed by atoms with van der Waals surface area (Å²) in [6, 6.07) is 7.32. The summed E-state index contributed by atoms with van der Waals surface area (Å²) >= 11 is 0. The van der Waals surface area contributed by atoms with Crippen LogP contribution in [0.4, 0.5) is 22.1 Å². The lowest BCUT2D eigenvalue weighted by Crippen LogP contribution is -2.49. The molecule has 182 valence electrons. The average molecular weight is 468 g/mol. The van der Waals surface area contributed by atoms with Crippen LogP contribution in [-0.2, 0) is 4.74 Å². The summed E-state index contributed by atoms with van der Waals surface area (Å²) in [7, 11) is 0. The molecule has 2 aromatic rings. The van der Waals surface area contributed by atoms with Gasteiger partial charge in [0.05, 0.1) is 11.7 Å². The first-order chi connectivity index (χ1) is 16.2. The molecular weight excluding hydrogens is 434 g/mol. The molecular formula is C24H33N7O3. The fourth-order valence-electron chi connectivity index (χ4n) is 4.13. The van der Waals surface area contributed by atoms with Crippen molar-refractivity contribution in [2.45, 2.75) is 82.9 Å². The van der Waals surface area contributed by atoms with Crippen molar-refractivity contribution in [2.24, 2.45) is 5.73 Å². The van der Waals surface area contributed by atoms with Gasteiger partial charge in [0.2, 0.25) is 0 Å². The van der Waals surface area contributed by atoms with Crippen molar-refractivity contribution in [2.75, 3.05) is 10.6 Å². The summed E-state index contributed by atoms with van der Waals surface area (Å²) in [5, 5.41) is 17.7. The van der Waals surface area contributed by atoms with Crippen LogP contribution in [0.15, 0.2) is 24.3 Å². The molecule has 2 saturated carbocycles. The molecule has 0 saturated heterocycles. The molecule has 2 aromatic heterocycles. The molecule has 2 aliphatic carbocycles. The molecule has 2 fully saturated rings.